The van der Waals surface area contributed by atoms with E-state index in [1.807, 2.05) is 0 Å². The Morgan fingerprint density at radius 1 is 0.457 bits per heavy atom. The van der Waals surface area contributed by atoms with E-state index in [2.05, 4.69) is 139 Å². The number of rotatable bonds is 8. The average molecular weight is 463 g/mol. The normalized spacial score (nSPS) is 13.3. The summed E-state index contributed by atoms with van der Waals surface area (Å²) < 4.78 is 7.11. The maximum atomic E-state index is 7.11. The molecule has 0 spiro atoms. The maximum Gasteiger partial charge on any atom is 0.109 e. The molecule has 4 aromatic carbocycles. The Kier molecular flexibility index (Phi) is 7.88. The minimum Gasteiger partial charge on any atom is -0.356 e. The van der Waals surface area contributed by atoms with Gasteiger partial charge in [0.05, 0.1) is 0 Å². The first-order valence-electron chi connectivity index (χ1n) is 12.8. The molecule has 1 nitrogen and oxygen atoms in total. The van der Waals surface area contributed by atoms with E-state index in [1.54, 1.807) is 0 Å². The molecule has 0 aliphatic carbocycles. The molecule has 0 aromatic heterocycles. The maximum absolute atomic E-state index is 7.11. The Morgan fingerprint density at radius 2 is 0.829 bits per heavy atom. The number of aryl methyl sites for hydroxylation is 2. The molecule has 0 radical (unpaired) electrons. The molecule has 0 aliphatic heterocycles. The van der Waals surface area contributed by atoms with Crippen molar-refractivity contribution in [2.45, 2.75) is 65.6 Å². The Labute approximate surface area is 211 Å². The van der Waals surface area contributed by atoms with Crippen molar-refractivity contribution in [3.8, 4) is 0 Å². The largest absolute Gasteiger partial charge is 0.356 e. The van der Waals surface area contributed by atoms with Crippen LogP contribution in [0.5, 0.6) is 0 Å². The summed E-state index contributed by atoms with van der Waals surface area (Å²) in [6.45, 7) is 13.4. The molecule has 4 aromatic rings. The van der Waals surface area contributed by atoms with Crippen molar-refractivity contribution in [3.05, 3.63) is 142 Å². The highest BCUT2D eigenvalue weighted by Crippen LogP contribution is 2.38. The first kappa shape index (κ1) is 24.9. The van der Waals surface area contributed by atoms with Crippen LogP contribution in [0.3, 0.4) is 0 Å². The summed E-state index contributed by atoms with van der Waals surface area (Å²) in [5, 5.41) is 0. The van der Waals surface area contributed by atoms with E-state index >= 15 is 0 Å². The molecule has 4 rings (SSSR count). The molecule has 35 heavy (non-hydrogen) atoms. The Hall–Kier alpha value is -3.16. The smallest absolute Gasteiger partial charge is 0.109 e. The summed E-state index contributed by atoms with van der Waals surface area (Å²) in [4.78, 5) is 0. The average Bonchev–Trinajstić information content (AvgIpc) is 2.85. The number of ether oxygens (including phenoxy) is 1. The molecular weight excluding hydrogens is 424 g/mol. The lowest BCUT2D eigenvalue weighted by Crippen LogP contribution is -2.14. The third kappa shape index (κ3) is 5.74. The van der Waals surface area contributed by atoms with Crippen molar-refractivity contribution in [2.75, 3.05) is 0 Å². The van der Waals surface area contributed by atoms with Crippen molar-refractivity contribution >= 4 is 0 Å². The van der Waals surface area contributed by atoms with Crippen LogP contribution >= 0.6 is 0 Å². The highest BCUT2D eigenvalue weighted by atomic mass is 16.5. The zero-order valence-electron chi connectivity index (χ0n) is 22.0. The summed E-state index contributed by atoms with van der Waals surface area (Å²) in [5.41, 5.74) is 10.1. The van der Waals surface area contributed by atoms with Crippen LogP contribution < -0.4 is 0 Å². The lowest BCUT2D eigenvalue weighted by molar-refractivity contribution is 0.0308. The van der Waals surface area contributed by atoms with Gasteiger partial charge in [0.15, 0.2) is 0 Å². The van der Waals surface area contributed by atoms with E-state index < -0.39 is 0 Å². The Balaban J connectivity index is 1.81. The van der Waals surface area contributed by atoms with Crippen LogP contribution in [-0.2, 0) is 4.74 Å². The van der Waals surface area contributed by atoms with Crippen molar-refractivity contribution in [3.63, 3.8) is 0 Å². The van der Waals surface area contributed by atoms with Crippen LogP contribution in [0.2, 0.25) is 0 Å². The van der Waals surface area contributed by atoms with Crippen LogP contribution in [0.25, 0.3) is 0 Å². The first-order valence-corrected chi connectivity index (χ1v) is 12.8. The molecule has 0 saturated carbocycles. The van der Waals surface area contributed by atoms with Crippen LogP contribution in [0.4, 0.5) is 0 Å². The molecule has 0 fully saturated rings. The molecule has 1 heteroatoms. The molecule has 0 amide bonds. The fourth-order valence-corrected chi connectivity index (χ4v) is 5.11. The Morgan fingerprint density at radius 3 is 1.14 bits per heavy atom. The fraction of sp³-hybridized carbons (Fsp3) is 0.294. The number of hydrogen-bond acceptors (Lipinski definition) is 1. The zero-order chi connectivity index (χ0) is 24.9. The lowest BCUT2D eigenvalue weighted by Gasteiger charge is -2.28. The second kappa shape index (κ2) is 11.1. The minimum absolute atomic E-state index is 0.175. The number of benzene rings is 4. The first-order chi connectivity index (χ1) is 16.8. The van der Waals surface area contributed by atoms with Crippen molar-refractivity contribution in [1.82, 2.24) is 0 Å². The summed E-state index contributed by atoms with van der Waals surface area (Å²) >= 11 is 0. The molecular formula is C34H38O. The van der Waals surface area contributed by atoms with Crippen LogP contribution in [0, 0.1) is 13.8 Å². The van der Waals surface area contributed by atoms with E-state index in [1.165, 1.54) is 44.5 Å². The van der Waals surface area contributed by atoms with Crippen molar-refractivity contribution in [2.24, 2.45) is 0 Å². The topological polar surface area (TPSA) is 9.23 Å². The predicted octanol–water partition coefficient (Wildman–Crippen LogP) is 9.45. The van der Waals surface area contributed by atoms with Gasteiger partial charge in [0.2, 0.25) is 0 Å². The lowest BCUT2D eigenvalue weighted by atomic mass is 9.91. The van der Waals surface area contributed by atoms with E-state index in [9.17, 15) is 0 Å². The van der Waals surface area contributed by atoms with Crippen LogP contribution in [0.1, 0.15) is 96.2 Å². The van der Waals surface area contributed by atoms with Gasteiger partial charge in [0, 0.05) is 0 Å². The summed E-state index contributed by atoms with van der Waals surface area (Å²) in [6, 6.07) is 34.9. The van der Waals surface area contributed by atoms with Gasteiger partial charge in [0.1, 0.15) is 12.2 Å². The van der Waals surface area contributed by atoms with Gasteiger partial charge in [-0.05, 0) is 70.2 Å². The monoisotopic (exact) mass is 462 g/mol. The second-order valence-electron chi connectivity index (χ2n) is 10.3. The molecule has 0 heterocycles. The zero-order valence-corrected chi connectivity index (χ0v) is 22.0. The van der Waals surface area contributed by atoms with Gasteiger partial charge in [-0.3, -0.25) is 0 Å². The summed E-state index contributed by atoms with van der Waals surface area (Å²) in [7, 11) is 0. The van der Waals surface area contributed by atoms with Crippen LogP contribution in [0.15, 0.2) is 97.1 Å². The van der Waals surface area contributed by atoms with Gasteiger partial charge in [0.25, 0.3) is 0 Å². The highest BCUT2D eigenvalue weighted by Gasteiger charge is 2.24. The highest BCUT2D eigenvalue weighted by molar-refractivity contribution is 5.41. The molecule has 0 N–H and O–H groups in total. The van der Waals surface area contributed by atoms with Gasteiger partial charge >= 0.3 is 0 Å². The van der Waals surface area contributed by atoms with E-state index in [4.69, 9.17) is 4.74 Å². The molecule has 0 bridgehead atoms. The molecule has 0 saturated heterocycles. The quantitative estimate of drug-likeness (QED) is 0.253. The van der Waals surface area contributed by atoms with E-state index in [-0.39, 0.29) is 12.2 Å². The molecule has 2 unspecified atom stereocenters. The summed E-state index contributed by atoms with van der Waals surface area (Å²) in [6.07, 6.45) is -0.349. The van der Waals surface area contributed by atoms with Crippen LogP contribution in [-0.4, -0.2) is 0 Å². The molecule has 0 aliphatic rings. The van der Waals surface area contributed by atoms with E-state index in [0.29, 0.717) is 11.8 Å². The standard InChI is InChI=1S/C34H38O/c1-23(2)31-19-17-29(21-25(31)5)33(27-13-9-7-10-14-27)35-34(28-15-11-8-12-16-28)30-18-20-32(24(3)4)26(6)22-30/h7-24,33-34H,1-6H3. The SMILES string of the molecule is Cc1cc(C(OC(c2ccccc2)c2ccc(C(C)C)c(C)c2)c2ccccc2)ccc1C(C)C. The third-order valence-electron chi connectivity index (χ3n) is 6.91. The van der Waals surface area contributed by atoms with Crippen molar-refractivity contribution < 1.29 is 4.74 Å². The second-order valence-corrected chi connectivity index (χ2v) is 10.3. The fourth-order valence-electron chi connectivity index (χ4n) is 5.11. The predicted molar refractivity (Wildman–Crippen MR) is 148 cm³/mol. The third-order valence-corrected chi connectivity index (χ3v) is 6.91. The molecule has 2 atom stereocenters. The van der Waals surface area contributed by atoms with Gasteiger partial charge in [-0.25, -0.2) is 0 Å². The van der Waals surface area contributed by atoms with Gasteiger partial charge in [-0.1, -0.05) is 125 Å². The Bertz CT molecular complexity index is 1140. The van der Waals surface area contributed by atoms with E-state index in [0.717, 1.165) is 0 Å². The molecule has 180 valence electrons. The van der Waals surface area contributed by atoms with Gasteiger partial charge in [-0.2, -0.15) is 0 Å². The minimum atomic E-state index is -0.175. The summed E-state index contributed by atoms with van der Waals surface area (Å²) in [5.74, 6) is 0.999. The van der Waals surface area contributed by atoms with Gasteiger partial charge < -0.3 is 4.74 Å². The van der Waals surface area contributed by atoms with Crippen molar-refractivity contribution in [1.29, 1.82) is 0 Å². The number of hydrogen-bond donors (Lipinski definition) is 0. The van der Waals surface area contributed by atoms with Gasteiger partial charge in [-0.15, -0.1) is 0 Å².